The Hall–Kier alpha value is -1.000. The average Bonchev–Trinajstić information content (AvgIpc) is 2.38. The number of rotatable bonds is 4. The Labute approximate surface area is 137 Å². The second-order valence-electron chi connectivity index (χ2n) is 4.94. The van der Waals surface area contributed by atoms with Gasteiger partial charge in [0, 0.05) is 29.1 Å². The maximum atomic E-state index is 3.63. The summed E-state index contributed by atoms with van der Waals surface area (Å²) in [5.41, 5.74) is 3.56. The second-order valence-corrected chi connectivity index (χ2v) is 6.71. The quantitative estimate of drug-likeness (QED) is 0.737. The Bertz CT molecular complexity index is 597. The van der Waals surface area contributed by atoms with Crippen molar-refractivity contribution >= 4 is 43.2 Å². The summed E-state index contributed by atoms with van der Waals surface area (Å²) in [6.07, 6.45) is 0. The fourth-order valence-electron chi connectivity index (χ4n) is 2.15. The summed E-state index contributed by atoms with van der Waals surface area (Å²) in [5.74, 6) is 0. The van der Waals surface area contributed by atoms with Crippen LogP contribution in [0.5, 0.6) is 0 Å². The molecule has 0 spiro atoms. The summed E-state index contributed by atoms with van der Waals surface area (Å²) in [6.45, 7) is 2.17. The van der Waals surface area contributed by atoms with E-state index >= 15 is 0 Å². The summed E-state index contributed by atoms with van der Waals surface area (Å²) in [6, 6.07) is 14.8. The highest BCUT2D eigenvalue weighted by atomic mass is 79.9. The fourth-order valence-corrected chi connectivity index (χ4v) is 3.54. The van der Waals surface area contributed by atoms with Crippen LogP contribution in [0.3, 0.4) is 0 Å². The van der Waals surface area contributed by atoms with E-state index in [1.54, 1.807) is 0 Å². The SMILES string of the molecule is CC(Nc1ccccc1N(C)C)c1ccc(Br)cc1Br. The Morgan fingerprint density at radius 3 is 2.40 bits per heavy atom. The molecule has 0 radical (unpaired) electrons. The first-order valence-corrected chi connectivity index (χ1v) is 8.05. The molecule has 1 unspecified atom stereocenters. The number of halogens is 2. The van der Waals surface area contributed by atoms with E-state index in [9.17, 15) is 0 Å². The Morgan fingerprint density at radius 2 is 1.75 bits per heavy atom. The van der Waals surface area contributed by atoms with E-state index in [0.717, 1.165) is 14.6 Å². The zero-order chi connectivity index (χ0) is 14.7. The second kappa shape index (κ2) is 6.64. The van der Waals surface area contributed by atoms with Gasteiger partial charge in [-0.3, -0.25) is 0 Å². The molecule has 1 atom stereocenters. The number of anilines is 2. The standard InChI is InChI=1S/C16H18Br2N2/c1-11(13-9-8-12(17)10-14(13)18)19-15-6-4-5-7-16(15)20(2)3/h4-11,19H,1-3H3. The first-order valence-electron chi connectivity index (χ1n) is 6.47. The molecule has 2 nitrogen and oxygen atoms in total. The highest BCUT2D eigenvalue weighted by molar-refractivity contribution is 9.11. The third kappa shape index (κ3) is 3.55. The predicted molar refractivity (Wildman–Crippen MR) is 94.6 cm³/mol. The van der Waals surface area contributed by atoms with Gasteiger partial charge in [0.2, 0.25) is 0 Å². The first-order chi connectivity index (χ1) is 9.49. The van der Waals surface area contributed by atoms with E-state index in [2.05, 4.69) is 106 Å². The maximum absolute atomic E-state index is 3.63. The number of nitrogens with one attached hydrogen (secondary N) is 1. The fraction of sp³-hybridized carbons (Fsp3) is 0.250. The molecule has 2 aromatic rings. The third-order valence-electron chi connectivity index (χ3n) is 3.19. The van der Waals surface area contributed by atoms with Gasteiger partial charge in [0.15, 0.2) is 0 Å². The van der Waals surface area contributed by atoms with Gasteiger partial charge in [-0.1, -0.05) is 50.1 Å². The Morgan fingerprint density at radius 1 is 1.05 bits per heavy atom. The van der Waals surface area contributed by atoms with Crippen LogP contribution in [0.25, 0.3) is 0 Å². The van der Waals surface area contributed by atoms with Crippen molar-refractivity contribution in [1.29, 1.82) is 0 Å². The molecule has 0 bridgehead atoms. The van der Waals surface area contributed by atoms with Gasteiger partial charge in [0.25, 0.3) is 0 Å². The lowest BCUT2D eigenvalue weighted by molar-refractivity contribution is 0.876. The van der Waals surface area contributed by atoms with Crippen molar-refractivity contribution < 1.29 is 0 Å². The molecular formula is C16H18Br2N2. The van der Waals surface area contributed by atoms with Gasteiger partial charge in [-0.2, -0.15) is 0 Å². The van der Waals surface area contributed by atoms with Crippen molar-refractivity contribution in [3.63, 3.8) is 0 Å². The first kappa shape index (κ1) is 15.4. The molecule has 0 saturated carbocycles. The molecule has 0 aliphatic rings. The maximum Gasteiger partial charge on any atom is 0.0596 e. The van der Waals surface area contributed by atoms with Gasteiger partial charge in [-0.05, 0) is 36.8 Å². The number of hydrogen-bond acceptors (Lipinski definition) is 2. The van der Waals surface area contributed by atoms with Crippen molar-refractivity contribution in [2.24, 2.45) is 0 Å². The van der Waals surface area contributed by atoms with Crippen molar-refractivity contribution in [2.75, 3.05) is 24.3 Å². The lowest BCUT2D eigenvalue weighted by Crippen LogP contribution is -2.14. The minimum absolute atomic E-state index is 0.221. The molecule has 4 heteroatoms. The van der Waals surface area contributed by atoms with Crippen molar-refractivity contribution in [2.45, 2.75) is 13.0 Å². The zero-order valence-electron chi connectivity index (χ0n) is 11.8. The van der Waals surface area contributed by atoms with Gasteiger partial charge in [0.05, 0.1) is 11.4 Å². The average molecular weight is 398 g/mol. The van der Waals surface area contributed by atoms with Crippen molar-refractivity contribution in [1.82, 2.24) is 0 Å². The summed E-state index contributed by atoms with van der Waals surface area (Å²) in [5, 5.41) is 3.58. The summed E-state index contributed by atoms with van der Waals surface area (Å²) < 4.78 is 2.18. The Balaban J connectivity index is 2.26. The van der Waals surface area contributed by atoms with Crippen LogP contribution < -0.4 is 10.2 Å². The molecule has 2 aromatic carbocycles. The summed E-state index contributed by atoms with van der Waals surface area (Å²) in [7, 11) is 4.11. The van der Waals surface area contributed by atoms with Crippen LogP contribution in [-0.2, 0) is 0 Å². The van der Waals surface area contributed by atoms with E-state index < -0.39 is 0 Å². The van der Waals surface area contributed by atoms with E-state index in [-0.39, 0.29) is 6.04 Å². The third-order valence-corrected chi connectivity index (χ3v) is 4.37. The van der Waals surface area contributed by atoms with Gasteiger partial charge in [0.1, 0.15) is 0 Å². The highest BCUT2D eigenvalue weighted by Crippen LogP contribution is 2.31. The molecule has 1 N–H and O–H groups in total. The van der Waals surface area contributed by atoms with E-state index in [1.165, 1.54) is 11.3 Å². The molecule has 106 valence electrons. The molecule has 0 aliphatic heterocycles. The largest absolute Gasteiger partial charge is 0.377 e. The monoisotopic (exact) mass is 396 g/mol. The molecule has 0 amide bonds. The number of para-hydroxylation sites is 2. The molecular weight excluding hydrogens is 380 g/mol. The smallest absolute Gasteiger partial charge is 0.0596 e. The number of hydrogen-bond donors (Lipinski definition) is 1. The van der Waals surface area contributed by atoms with Gasteiger partial charge < -0.3 is 10.2 Å². The summed E-state index contributed by atoms with van der Waals surface area (Å²) in [4.78, 5) is 2.12. The van der Waals surface area contributed by atoms with Crippen molar-refractivity contribution in [3.8, 4) is 0 Å². The van der Waals surface area contributed by atoms with E-state index in [0.29, 0.717) is 0 Å². The van der Waals surface area contributed by atoms with Crippen LogP contribution in [0, 0.1) is 0 Å². The summed E-state index contributed by atoms with van der Waals surface area (Å²) >= 11 is 7.11. The Kier molecular flexibility index (Phi) is 5.11. The number of benzene rings is 2. The zero-order valence-corrected chi connectivity index (χ0v) is 15.0. The molecule has 0 aliphatic carbocycles. The predicted octanol–water partition coefficient (Wildman–Crippen LogP) is 5.45. The van der Waals surface area contributed by atoms with Gasteiger partial charge in [-0.25, -0.2) is 0 Å². The minimum atomic E-state index is 0.221. The molecule has 0 saturated heterocycles. The topological polar surface area (TPSA) is 15.3 Å². The molecule has 2 rings (SSSR count). The van der Waals surface area contributed by atoms with Gasteiger partial charge >= 0.3 is 0 Å². The lowest BCUT2D eigenvalue weighted by atomic mass is 10.1. The molecule has 0 heterocycles. The molecule has 0 fully saturated rings. The van der Waals surface area contributed by atoms with Crippen LogP contribution in [0.4, 0.5) is 11.4 Å². The van der Waals surface area contributed by atoms with E-state index in [4.69, 9.17) is 0 Å². The van der Waals surface area contributed by atoms with E-state index in [1.807, 2.05) is 0 Å². The minimum Gasteiger partial charge on any atom is -0.377 e. The van der Waals surface area contributed by atoms with Crippen LogP contribution >= 0.6 is 31.9 Å². The van der Waals surface area contributed by atoms with Crippen LogP contribution in [0.2, 0.25) is 0 Å². The lowest BCUT2D eigenvalue weighted by Gasteiger charge is -2.22. The van der Waals surface area contributed by atoms with Crippen LogP contribution in [-0.4, -0.2) is 14.1 Å². The van der Waals surface area contributed by atoms with Crippen LogP contribution in [0.15, 0.2) is 51.4 Å². The van der Waals surface area contributed by atoms with Gasteiger partial charge in [-0.15, -0.1) is 0 Å². The number of nitrogens with zero attached hydrogens (tertiary/aromatic N) is 1. The van der Waals surface area contributed by atoms with Crippen LogP contribution in [0.1, 0.15) is 18.5 Å². The van der Waals surface area contributed by atoms with Crippen molar-refractivity contribution in [3.05, 3.63) is 57.0 Å². The molecule has 20 heavy (non-hydrogen) atoms. The normalized spacial score (nSPS) is 12.1. The molecule has 0 aromatic heterocycles. The highest BCUT2D eigenvalue weighted by Gasteiger charge is 2.12.